The molecule has 0 atom stereocenters. The van der Waals surface area contributed by atoms with Gasteiger partial charge in [0.15, 0.2) is 0 Å². The average Bonchev–Trinajstić information content (AvgIpc) is 3.14. The number of carboxylic acids is 1. The Labute approximate surface area is 119 Å². The van der Waals surface area contributed by atoms with Gasteiger partial charge in [0.1, 0.15) is 0 Å². The molecule has 0 heterocycles. The summed E-state index contributed by atoms with van der Waals surface area (Å²) in [6.07, 6.45) is 2.66. The molecule has 1 N–H and O–H groups in total. The van der Waals surface area contributed by atoms with Crippen molar-refractivity contribution in [2.45, 2.75) is 39.3 Å². The van der Waals surface area contributed by atoms with E-state index in [1.54, 1.807) is 6.07 Å². The number of rotatable bonds is 6. The highest BCUT2D eigenvalue weighted by molar-refractivity contribution is 6.31. The van der Waals surface area contributed by atoms with Crippen molar-refractivity contribution in [1.82, 2.24) is 4.90 Å². The van der Waals surface area contributed by atoms with Crippen LogP contribution in [0.1, 0.15) is 42.6 Å². The minimum absolute atomic E-state index is 0.243. The molecule has 0 radical (unpaired) electrons. The van der Waals surface area contributed by atoms with Crippen LogP contribution in [0, 0.1) is 5.92 Å². The van der Waals surface area contributed by atoms with Crippen LogP contribution in [0.4, 0.5) is 0 Å². The summed E-state index contributed by atoms with van der Waals surface area (Å²) in [5, 5.41) is 9.47. The number of halogens is 1. The number of benzene rings is 1. The number of nitrogens with zero attached hydrogens (tertiary/aromatic N) is 1. The minimum atomic E-state index is -0.938. The van der Waals surface area contributed by atoms with E-state index in [2.05, 4.69) is 18.7 Å². The van der Waals surface area contributed by atoms with E-state index >= 15 is 0 Å². The third-order valence-electron chi connectivity index (χ3n) is 3.59. The molecule has 0 spiro atoms. The predicted molar refractivity (Wildman–Crippen MR) is 76.7 cm³/mol. The Balaban J connectivity index is 2.09. The highest BCUT2D eigenvalue weighted by atomic mass is 35.5. The summed E-state index contributed by atoms with van der Waals surface area (Å²) in [4.78, 5) is 13.3. The predicted octanol–water partition coefficient (Wildman–Crippen LogP) is 3.66. The van der Waals surface area contributed by atoms with Crippen LogP contribution in [0.2, 0.25) is 5.02 Å². The van der Waals surface area contributed by atoms with E-state index in [9.17, 15) is 4.79 Å². The maximum absolute atomic E-state index is 10.9. The third-order valence-corrected chi connectivity index (χ3v) is 3.95. The second-order valence-electron chi connectivity index (χ2n) is 5.58. The maximum Gasteiger partial charge on any atom is 0.335 e. The van der Waals surface area contributed by atoms with Crippen molar-refractivity contribution in [2.75, 3.05) is 6.54 Å². The largest absolute Gasteiger partial charge is 0.478 e. The molecule has 1 aromatic carbocycles. The Morgan fingerprint density at radius 1 is 1.47 bits per heavy atom. The molecular formula is C15H20ClNO2. The number of hydrogen-bond acceptors (Lipinski definition) is 2. The van der Waals surface area contributed by atoms with Gasteiger partial charge in [0.2, 0.25) is 0 Å². The quantitative estimate of drug-likeness (QED) is 0.865. The minimum Gasteiger partial charge on any atom is -0.478 e. The monoisotopic (exact) mass is 281 g/mol. The first-order chi connectivity index (χ1) is 8.97. The molecule has 104 valence electrons. The van der Waals surface area contributed by atoms with Gasteiger partial charge >= 0.3 is 5.97 Å². The van der Waals surface area contributed by atoms with Gasteiger partial charge in [-0.25, -0.2) is 4.79 Å². The summed E-state index contributed by atoms with van der Waals surface area (Å²) < 4.78 is 0. The number of carbonyl (C=O) groups is 1. The van der Waals surface area contributed by atoms with Gasteiger partial charge in [0, 0.05) is 24.2 Å². The van der Waals surface area contributed by atoms with Crippen LogP contribution >= 0.6 is 11.6 Å². The molecule has 0 aromatic heterocycles. The molecule has 1 aromatic rings. The fraction of sp³-hybridized carbons (Fsp3) is 0.533. The van der Waals surface area contributed by atoms with Crippen LogP contribution in [0.25, 0.3) is 0 Å². The Morgan fingerprint density at radius 3 is 2.63 bits per heavy atom. The van der Waals surface area contributed by atoms with E-state index in [-0.39, 0.29) is 5.56 Å². The van der Waals surface area contributed by atoms with Gasteiger partial charge in [0.25, 0.3) is 0 Å². The van der Waals surface area contributed by atoms with E-state index in [1.807, 2.05) is 6.07 Å². The molecule has 19 heavy (non-hydrogen) atoms. The van der Waals surface area contributed by atoms with Gasteiger partial charge in [0.05, 0.1) is 5.56 Å². The smallest absolute Gasteiger partial charge is 0.335 e. The lowest BCUT2D eigenvalue weighted by Gasteiger charge is -2.27. The molecule has 3 nitrogen and oxygen atoms in total. The molecule has 2 rings (SSSR count). The van der Waals surface area contributed by atoms with Crippen molar-refractivity contribution in [1.29, 1.82) is 0 Å². The fourth-order valence-electron chi connectivity index (χ4n) is 2.12. The van der Waals surface area contributed by atoms with Crippen LogP contribution in [0.5, 0.6) is 0 Å². The van der Waals surface area contributed by atoms with Crippen LogP contribution < -0.4 is 0 Å². The Hall–Kier alpha value is -1.06. The van der Waals surface area contributed by atoms with Crippen LogP contribution in [0.3, 0.4) is 0 Å². The van der Waals surface area contributed by atoms with Crippen molar-refractivity contribution in [3.05, 3.63) is 34.3 Å². The standard InChI is InChI=1S/C15H20ClNO2/c1-10(2)17(8-11-3-4-11)9-13-6-5-12(15(18)19)7-14(13)16/h5-7,10-11H,3-4,8-9H2,1-2H3,(H,18,19). The molecule has 0 amide bonds. The second kappa shape index (κ2) is 5.93. The first-order valence-corrected chi connectivity index (χ1v) is 7.11. The van der Waals surface area contributed by atoms with Gasteiger partial charge in [-0.2, -0.15) is 0 Å². The van der Waals surface area contributed by atoms with Crippen LogP contribution in [0.15, 0.2) is 18.2 Å². The number of aromatic carboxylic acids is 1. The highest BCUT2D eigenvalue weighted by Gasteiger charge is 2.25. The second-order valence-corrected chi connectivity index (χ2v) is 5.99. The zero-order valence-corrected chi connectivity index (χ0v) is 12.2. The molecule has 4 heteroatoms. The van der Waals surface area contributed by atoms with Crippen molar-refractivity contribution in [3.8, 4) is 0 Å². The van der Waals surface area contributed by atoms with Crippen LogP contribution in [-0.4, -0.2) is 28.6 Å². The van der Waals surface area contributed by atoms with Gasteiger partial charge in [-0.05, 0) is 50.3 Å². The van der Waals surface area contributed by atoms with Crippen LogP contribution in [-0.2, 0) is 6.54 Å². The summed E-state index contributed by atoms with van der Waals surface area (Å²) in [7, 11) is 0. The normalized spacial score (nSPS) is 15.2. The summed E-state index contributed by atoms with van der Waals surface area (Å²) >= 11 is 6.18. The first kappa shape index (κ1) is 14.4. The summed E-state index contributed by atoms with van der Waals surface area (Å²) in [5.74, 6) is -0.105. The molecule has 0 bridgehead atoms. The lowest BCUT2D eigenvalue weighted by molar-refractivity contribution is 0.0697. The molecule has 0 saturated heterocycles. The highest BCUT2D eigenvalue weighted by Crippen LogP contribution is 2.31. The van der Waals surface area contributed by atoms with E-state index < -0.39 is 5.97 Å². The SMILES string of the molecule is CC(C)N(Cc1ccc(C(=O)O)cc1Cl)CC1CC1. The van der Waals surface area contributed by atoms with Gasteiger partial charge in [-0.15, -0.1) is 0 Å². The van der Waals surface area contributed by atoms with E-state index in [0.717, 1.165) is 24.6 Å². The Kier molecular flexibility index (Phi) is 4.48. The summed E-state index contributed by atoms with van der Waals surface area (Å²) in [6, 6.07) is 5.46. The fourth-order valence-corrected chi connectivity index (χ4v) is 2.36. The Bertz CT molecular complexity index is 469. The first-order valence-electron chi connectivity index (χ1n) is 6.73. The number of carboxylic acid groups (broad SMARTS) is 1. The Morgan fingerprint density at radius 2 is 2.16 bits per heavy atom. The average molecular weight is 282 g/mol. The van der Waals surface area contributed by atoms with E-state index in [1.165, 1.54) is 18.9 Å². The molecule has 1 aliphatic rings. The molecular weight excluding hydrogens is 262 g/mol. The molecule has 0 aliphatic heterocycles. The topological polar surface area (TPSA) is 40.5 Å². The molecule has 1 fully saturated rings. The van der Waals surface area contributed by atoms with E-state index in [0.29, 0.717) is 11.1 Å². The van der Waals surface area contributed by atoms with Crippen molar-refractivity contribution in [2.24, 2.45) is 5.92 Å². The third kappa shape index (κ3) is 3.95. The zero-order chi connectivity index (χ0) is 14.0. The molecule has 1 saturated carbocycles. The summed E-state index contributed by atoms with van der Waals surface area (Å²) in [5.41, 5.74) is 1.24. The van der Waals surface area contributed by atoms with E-state index in [4.69, 9.17) is 16.7 Å². The van der Waals surface area contributed by atoms with Crippen molar-refractivity contribution in [3.63, 3.8) is 0 Å². The lowest BCUT2D eigenvalue weighted by atomic mass is 10.1. The van der Waals surface area contributed by atoms with Crippen molar-refractivity contribution < 1.29 is 9.90 Å². The van der Waals surface area contributed by atoms with Crippen molar-refractivity contribution >= 4 is 17.6 Å². The van der Waals surface area contributed by atoms with Gasteiger partial charge in [-0.3, -0.25) is 4.90 Å². The molecule has 0 unspecified atom stereocenters. The van der Waals surface area contributed by atoms with Gasteiger partial charge in [-0.1, -0.05) is 17.7 Å². The van der Waals surface area contributed by atoms with Gasteiger partial charge < -0.3 is 5.11 Å². The summed E-state index contributed by atoms with van der Waals surface area (Å²) in [6.45, 7) is 6.26. The number of hydrogen-bond donors (Lipinski definition) is 1. The lowest BCUT2D eigenvalue weighted by Crippen LogP contribution is -2.32. The molecule has 1 aliphatic carbocycles. The maximum atomic E-state index is 10.9. The zero-order valence-electron chi connectivity index (χ0n) is 11.4.